The van der Waals surface area contributed by atoms with Crippen LogP contribution in [0.2, 0.25) is 5.02 Å². The fourth-order valence-corrected chi connectivity index (χ4v) is 3.47. The minimum absolute atomic E-state index is 0.00305. The van der Waals surface area contributed by atoms with Gasteiger partial charge in [0.05, 0.1) is 10.6 Å². The summed E-state index contributed by atoms with van der Waals surface area (Å²) < 4.78 is 38.7. The van der Waals surface area contributed by atoms with Gasteiger partial charge in [-0.3, -0.25) is 9.59 Å². The fourth-order valence-electron chi connectivity index (χ4n) is 3.24. The van der Waals surface area contributed by atoms with Gasteiger partial charge in [-0.05, 0) is 31.0 Å². The van der Waals surface area contributed by atoms with Crippen molar-refractivity contribution in [2.75, 3.05) is 11.9 Å². The maximum atomic E-state index is 12.9. The summed E-state index contributed by atoms with van der Waals surface area (Å²) >= 11 is 5.57. The lowest BCUT2D eigenvalue weighted by molar-refractivity contribution is -0.137. The van der Waals surface area contributed by atoms with E-state index < -0.39 is 22.7 Å². The van der Waals surface area contributed by atoms with E-state index in [1.165, 1.54) is 17.9 Å². The van der Waals surface area contributed by atoms with E-state index >= 15 is 0 Å². The average Bonchev–Trinajstić information content (AvgIpc) is 2.82. The van der Waals surface area contributed by atoms with Crippen molar-refractivity contribution in [1.29, 1.82) is 0 Å². The van der Waals surface area contributed by atoms with Gasteiger partial charge in [-0.15, -0.1) is 0 Å². The van der Waals surface area contributed by atoms with Crippen molar-refractivity contribution in [2.24, 2.45) is 0 Å². The van der Waals surface area contributed by atoms with Crippen molar-refractivity contribution in [3.05, 3.63) is 28.8 Å². The van der Waals surface area contributed by atoms with Crippen molar-refractivity contribution < 1.29 is 22.8 Å². The lowest BCUT2D eigenvalue weighted by Crippen LogP contribution is -2.43. The molecule has 1 aromatic rings. The molecule has 2 rings (SSSR count). The van der Waals surface area contributed by atoms with Crippen molar-refractivity contribution >= 4 is 29.1 Å². The Morgan fingerprint density at radius 2 is 1.81 bits per heavy atom. The normalized spacial score (nSPS) is 16.0. The van der Waals surface area contributed by atoms with Gasteiger partial charge in [-0.1, -0.05) is 37.3 Å². The largest absolute Gasteiger partial charge is 0.417 e. The molecule has 0 atom stereocenters. The Kier molecular flexibility index (Phi) is 6.92. The highest BCUT2D eigenvalue weighted by atomic mass is 35.5. The molecule has 26 heavy (non-hydrogen) atoms. The van der Waals surface area contributed by atoms with Crippen LogP contribution in [0.1, 0.15) is 51.0 Å². The minimum Gasteiger partial charge on any atom is -0.331 e. The predicted octanol–water partition coefficient (Wildman–Crippen LogP) is 4.87. The van der Waals surface area contributed by atoms with Crippen molar-refractivity contribution in [3.63, 3.8) is 0 Å². The highest BCUT2D eigenvalue weighted by Gasteiger charge is 2.33. The van der Waals surface area contributed by atoms with Crippen LogP contribution >= 0.6 is 11.6 Å². The predicted molar refractivity (Wildman–Crippen MR) is 94.0 cm³/mol. The molecule has 0 aromatic heterocycles. The van der Waals surface area contributed by atoms with E-state index in [1.54, 1.807) is 0 Å². The van der Waals surface area contributed by atoms with Gasteiger partial charge in [-0.2, -0.15) is 13.2 Å². The summed E-state index contributed by atoms with van der Waals surface area (Å²) in [4.78, 5) is 25.8. The third-order valence-corrected chi connectivity index (χ3v) is 4.87. The molecule has 2 amide bonds. The standard InChI is InChI=1S/C18H22ClF3N2O2/c1-12(25)24(14-6-4-2-3-5-7-14)11-17(26)23-13-8-9-16(19)15(10-13)18(20,21)22/h8-10,14H,2-7,11H2,1H3,(H,23,26). The molecule has 0 radical (unpaired) electrons. The van der Waals surface area contributed by atoms with Crippen LogP contribution in [0.15, 0.2) is 18.2 Å². The number of rotatable bonds is 4. The first-order valence-corrected chi connectivity index (χ1v) is 9.00. The smallest absolute Gasteiger partial charge is 0.331 e. The first kappa shape index (κ1) is 20.6. The van der Waals surface area contributed by atoms with E-state index in [-0.39, 0.29) is 24.2 Å². The zero-order chi connectivity index (χ0) is 19.3. The van der Waals surface area contributed by atoms with Crippen LogP contribution in [-0.4, -0.2) is 29.3 Å². The molecule has 1 aromatic carbocycles. The molecule has 0 heterocycles. The zero-order valence-corrected chi connectivity index (χ0v) is 15.3. The molecule has 4 nitrogen and oxygen atoms in total. The molecule has 0 spiro atoms. The molecule has 0 saturated heterocycles. The van der Waals surface area contributed by atoms with Gasteiger partial charge in [0.25, 0.3) is 0 Å². The fraction of sp³-hybridized carbons (Fsp3) is 0.556. The van der Waals surface area contributed by atoms with Gasteiger partial charge in [0.1, 0.15) is 6.54 Å². The maximum absolute atomic E-state index is 12.9. The van der Waals surface area contributed by atoms with Crippen LogP contribution in [0, 0.1) is 0 Å². The number of nitrogens with zero attached hydrogens (tertiary/aromatic N) is 1. The average molecular weight is 391 g/mol. The molecule has 1 N–H and O–H groups in total. The van der Waals surface area contributed by atoms with E-state index in [2.05, 4.69) is 5.32 Å². The van der Waals surface area contributed by atoms with Crippen LogP contribution in [0.3, 0.4) is 0 Å². The highest BCUT2D eigenvalue weighted by Crippen LogP contribution is 2.36. The van der Waals surface area contributed by atoms with Crippen LogP contribution in [0.4, 0.5) is 18.9 Å². The molecule has 1 aliphatic carbocycles. The number of anilines is 1. The lowest BCUT2D eigenvalue weighted by atomic mass is 10.1. The molecule has 8 heteroatoms. The second kappa shape index (κ2) is 8.75. The van der Waals surface area contributed by atoms with Gasteiger partial charge in [-0.25, -0.2) is 0 Å². The molecule has 1 fully saturated rings. The number of benzene rings is 1. The Bertz CT molecular complexity index is 656. The summed E-state index contributed by atoms with van der Waals surface area (Å²) in [7, 11) is 0. The number of nitrogens with one attached hydrogen (secondary N) is 1. The van der Waals surface area contributed by atoms with Crippen molar-refractivity contribution in [2.45, 2.75) is 57.7 Å². The number of alkyl halides is 3. The first-order valence-electron chi connectivity index (χ1n) is 8.62. The molecule has 1 saturated carbocycles. The highest BCUT2D eigenvalue weighted by molar-refractivity contribution is 6.31. The summed E-state index contributed by atoms with van der Waals surface area (Å²) in [6.07, 6.45) is 1.30. The number of carbonyl (C=O) groups excluding carboxylic acids is 2. The summed E-state index contributed by atoms with van der Waals surface area (Å²) in [5.74, 6) is -0.737. The maximum Gasteiger partial charge on any atom is 0.417 e. The topological polar surface area (TPSA) is 49.4 Å². The quantitative estimate of drug-likeness (QED) is 0.746. The molecule has 0 aliphatic heterocycles. The Hall–Kier alpha value is -1.76. The molecular formula is C18H22ClF3N2O2. The lowest BCUT2D eigenvalue weighted by Gasteiger charge is -2.29. The molecular weight excluding hydrogens is 369 g/mol. The van der Waals surface area contributed by atoms with Crippen LogP contribution in [0.5, 0.6) is 0 Å². The van der Waals surface area contributed by atoms with Gasteiger partial charge < -0.3 is 10.2 Å². The van der Waals surface area contributed by atoms with E-state index in [0.717, 1.165) is 50.7 Å². The monoisotopic (exact) mass is 390 g/mol. The molecule has 144 valence electrons. The Morgan fingerprint density at radius 1 is 1.19 bits per heavy atom. The Morgan fingerprint density at radius 3 is 2.35 bits per heavy atom. The van der Waals surface area contributed by atoms with Gasteiger partial charge in [0.15, 0.2) is 0 Å². The summed E-state index contributed by atoms with van der Waals surface area (Å²) in [6.45, 7) is 1.23. The first-order chi connectivity index (χ1) is 12.2. The molecule has 0 bridgehead atoms. The van der Waals surface area contributed by atoms with E-state index in [1.807, 2.05) is 0 Å². The zero-order valence-electron chi connectivity index (χ0n) is 14.5. The molecule has 1 aliphatic rings. The third-order valence-electron chi connectivity index (χ3n) is 4.54. The van der Waals surface area contributed by atoms with Gasteiger partial charge in [0, 0.05) is 18.7 Å². The third kappa shape index (κ3) is 5.62. The summed E-state index contributed by atoms with van der Waals surface area (Å²) in [5, 5.41) is 2.00. The summed E-state index contributed by atoms with van der Waals surface area (Å²) in [5.41, 5.74) is -1.01. The van der Waals surface area contributed by atoms with Crippen LogP contribution in [-0.2, 0) is 15.8 Å². The van der Waals surface area contributed by atoms with Crippen molar-refractivity contribution in [3.8, 4) is 0 Å². The second-order valence-electron chi connectivity index (χ2n) is 6.53. The number of hydrogen-bond donors (Lipinski definition) is 1. The van der Waals surface area contributed by atoms with Gasteiger partial charge in [0.2, 0.25) is 11.8 Å². The Labute approximate surface area is 155 Å². The molecule has 0 unspecified atom stereocenters. The van der Waals surface area contributed by atoms with Crippen molar-refractivity contribution in [1.82, 2.24) is 4.90 Å². The van der Waals surface area contributed by atoms with Crippen LogP contribution < -0.4 is 5.32 Å². The van der Waals surface area contributed by atoms with Crippen LogP contribution in [0.25, 0.3) is 0 Å². The second-order valence-corrected chi connectivity index (χ2v) is 6.94. The van der Waals surface area contributed by atoms with E-state index in [0.29, 0.717) is 0 Å². The SMILES string of the molecule is CC(=O)N(CC(=O)Nc1ccc(Cl)c(C(F)(F)F)c1)C1CCCCCC1. The Balaban J connectivity index is 2.07. The summed E-state index contributed by atoms with van der Waals surface area (Å²) in [6, 6.07) is 3.19. The number of amides is 2. The number of carbonyl (C=O) groups is 2. The van der Waals surface area contributed by atoms with Gasteiger partial charge >= 0.3 is 6.18 Å². The minimum atomic E-state index is -4.61. The number of hydrogen-bond acceptors (Lipinski definition) is 2. The van der Waals surface area contributed by atoms with E-state index in [4.69, 9.17) is 11.6 Å². The number of halogens is 4. The van der Waals surface area contributed by atoms with E-state index in [9.17, 15) is 22.8 Å².